The maximum atomic E-state index is 11.6. The first-order chi connectivity index (χ1) is 9.49. The lowest BCUT2D eigenvalue weighted by Crippen LogP contribution is -2.54. The molecule has 1 aromatic rings. The van der Waals surface area contributed by atoms with Crippen molar-refractivity contribution >= 4 is 29.3 Å². The lowest BCUT2D eigenvalue weighted by molar-refractivity contribution is -0.124. The predicted octanol–water partition coefficient (Wildman–Crippen LogP) is 3.21. The number of hydrogen-bond donors (Lipinski definition) is 2. The Morgan fingerprint density at radius 3 is 2.90 bits per heavy atom. The molecule has 0 heterocycles. The topological polar surface area (TPSA) is 55.1 Å². The molecule has 1 fully saturated rings. The zero-order chi connectivity index (χ0) is 14.6. The molecule has 0 aromatic heterocycles. The number of hydrogen-bond acceptors (Lipinski definition) is 3. The standard InChI is InChI=1S/C15H21ClN2OS/c1-15(14(17)19,18-12-6-7-12)8-3-9-20-13-5-2-4-11(16)10-13/h2,4-5,10,12,18H,3,6-9H2,1H3,(H2,17,19). The molecule has 1 aromatic carbocycles. The summed E-state index contributed by atoms with van der Waals surface area (Å²) in [5.41, 5.74) is 4.96. The van der Waals surface area contributed by atoms with E-state index in [1.165, 1.54) is 0 Å². The van der Waals surface area contributed by atoms with Gasteiger partial charge in [0.25, 0.3) is 0 Å². The minimum absolute atomic E-state index is 0.253. The zero-order valence-corrected chi connectivity index (χ0v) is 13.3. The van der Waals surface area contributed by atoms with Crippen LogP contribution in [0.5, 0.6) is 0 Å². The third-order valence-corrected chi connectivity index (χ3v) is 4.84. The number of halogens is 1. The molecule has 110 valence electrons. The number of carbonyl (C=O) groups excluding carboxylic acids is 1. The summed E-state index contributed by atoms with van der Waals surface area (Å²) < 4.78 is 0. The van der Waals surface area contributed by atoms with Gasteiger partial charge < -0.3 is 11.1 Å². The van der Waals surface area contributed by atoms with Gasteiger partial charge in [0.2, 0.25) is 5.91 Å². The summed E-state index contributed by atoms with van der Waals surface area (Å²) in [5, 5.41) is 4.13. The van der Waals surface area contributed by atoms with E-state index in [1.54, 1.807) is 11.8 Å². The zero-order valence-electron chi connectivity index (χ0n) is 11.7. The molecule has 0 bridgehead atoms. The van der Waals surface area contributed by atoms with Crippen molar-refractivity contribution < 1.29 is 4.79 Å². The summed E-state index contributed by atoms with van der Waals surface area (Å²) in [6.45, 7) is 1.91. The molecule has 3 N–H and O–H groups in total. The van der Waals surface area contributed by atoms with Gasteiger partial charge in [-0.05, 0) is 56.6 Å². The summed E-state index contributed by atoms with van der Waals surface area (Å²) in [7, 11) is 0. The normalized spacial score (nSPS) is 17.7. The van der Waals surface area contributed by atoms with Crippen LogP contribution < -0.4 is 11.1 Å². The Labute approximate surface area is 129 Å². The number of nitrogens with two attached hydrogens (primary N) is 1. The van der Waals surface area contributed by atoms with Crippen LogP contribution >= 0.6 is 23.4 Å². The summed E-state index contributed by atoms with van der Waals surface area (Å²) in [6, 6.07) is 8.31. The monoisotopic (exact) mass is 312 g/mol. The van der Waals surface area contributed by atoms with E-state index in [2.05, 4.69) is 5.32 Å². The fourth-order valence-corrected chi connectivity index (χ4v) is 3.28. The largest absolute Gasteiger partial charge is 0.368 e. The minimum Gasteiger partial charge on any atom is -0.368 e. The Kier molecular flexibility index (Phi) is 5.35. The van der Waals surface area contributed by atoms with Crippen LogP contribution in [0.15, 0.2) is 29.2 Å². The van der Waals surface area contributed by atoms with Crippen molar-refractivity contribution in [2.45, 2.75) is 49.1 Å². The number of thioether (sulfide) groups is 1. The molecular formula is C15H21ClN2OS. The molecule has 1 unspecified atom stereocenters. The average molecular weight is 313 g/mol. The highest BCUT2D eigenvalue weighted by Gasteiger charge is 2.36. The van der Waals surface area contributed by atoms with Crippen LogP contribution in [0, 0.1) is 0 Å². The van der Waals surface area contributed by atoms with Gasteiger partial charge in [-0.15, -0.1) is 11.8 Å². The molecule has 1 saturated carbocycles. The molecule has 1 aliphatic carbocycles. The van der Waals surface area contributed by atoms with Crippen LogP contribution in [0.4, 0.5) is 0 Å². The van der Waals surface area contributed by atoms with Gasteiger partial charge in [0, 0.05) is 16.0 Å². The van der Waals surface area contributed by atoms with Gasteiger partial charge >= 0.3 is 0 Å². The molecular weight excluding hydrogens is 292 g/mol. The van der Waals surface area contributed by atoms with Crippen molar-refractivity contribution in [3.05, 3.63) is 29.3 Å². The van der Waals surface area contributed by atoms with Gasteiger partial charge in [-0.3, -0.25) is 4.79 Å². The molecule has 1 amide bonds. The van der Waals surface area contributed by atoms with Gasteiger partial charge in [0.1, 0.15) is 0 Å². The Balaban J connectivity index is 1.77. The van der Waals surface area contributed by atoms with E-state index in [9.17, 15) is 4.79 Å². The second-order valence-electron chi connectivity index (χ2n) is 5.52. The van der Waals surface area contributed by atoms with E-state index in [0.29, 0.717) is 6.04 Å². The van der Waals surface area contributed by atoms with Crippen molar-refractivity contribution in [1.29, 1.82) is 0 Å². The van der Waals surface area contributed by atoms with Gasteiger partial charge in [-0.1, -0.05) is 17.7 Å². The number of benzene rings is 1. The van der Waals surface area contributed by atoms with Gasteiger partial charge in [-0.2, -0.15) is 0 Å². The van der Waals surface area contributed by atoms with E-state index >= 15 is 0 Å². The van der Waals surface area contributed by atoms with Crippen molar-refractivity contribution in [3.63, 3.8) is 0 Å². The lowest BCUT2D eigenvalue weighted by atomic mass is 9.95. The fraction of sp³-hybridized carbons (Fsp3) is 0.533. The summed E-state index contributed by atoms with van der Waals surface area (Å²) in [4.78, 5) is 12.8. The Bertz CT molecular complexity index is 479. The fourth-order valence-electron chi connectivity index (χ4n) is 2.12. The molecule has 20 heavy (non-hydrogen) atoms. The van der Waals surface area contributed by atoms with Gasteiger partial charge in [0.15, 0.2) is 0 Å². The Morgan fingerprint density at radius 2 is 2.30 bits per heavy atom. The van der Waals surface area contributed by atoms with Crippen molar-refractivity contribution in [3.8, 4) is 0 Å². The molecule has 3 nitrogen and oxygen atoms in total. The van der Waals surface area contributed by atoms with Crippen molar-refractivity contribution in [2.24, 2.45) is 5.73 Å². The predicted molar refractivity (Wildman–Crippen MR) is 85.2 cm³/mol. The number of nitrogens with one attached hydrogen (secondary N) is 1. The van der Waals surface area contributed by atoms with E-state index in [1.807, 2.05) is 31.2 Å². The van der Waals surface area contributed by atoms with Gasteiger partial charge in [0.05, 0.1) is 5.54 Å². The molecule has 1 atom stereocenters. The minimum atomic E-state index is -0.573. The molecule has 0 radical (unpaired) electrons. The first-order valence-corrected chi connectivity index (χ1v) is 8.32. The summed E-state index contributed by atoms with van der Waals surface area (Å²) in [6.07, 6.45) is 4.02. The molecule has 0 saturated heterocycles. The molecule has 1 aliphatic rings. The van der Waals surface area contributed by atoms with Crippen LogP contribution in [-0.4, -0.2) is 23.2 Å². The van der Waals surface area contributed by atoms with Crippen LogP contribution in [0.25, 0.3) is 0 Å². The number of rotatable bonds is 8. The molecule has 5 heteroatoms. The first-order valence-electron chi connectivity index (χ1n) is 6.95. The smallest absolute Gasteiger partial charge is 0.237 e. The highest BCUT2D eigenvalue weighted by Crippen LogP contribution is 2.27. The maximum Gasteiger partial charge on any atom is 0.237 e. The molecule has 0 aliphatic heterocycles. The molecule has 2 rings (SSSR count). The van der Waals surface area contributed by atoms with Crippen LogP contribution in [0.3, 0.4) is 0 Å². The van der Waals surface area contributed by atoms with Gasteiger partial charge in [-0.25, -0.2) is 0 Å². The van der Waals surface area contributed by atoms with Crippen LogP contribution in [-0.2, 0) is 4.79 Å². The second-order valence-corrected chi connectivity index (χ2v) is 7.13. The van der Waals surface area contributed by atoms with E-state index in [-0.39, 0.29) is 5.91 Å². The van der Waals surface area contributed by atoms with E-state index < -0.39 is 5.54 Å². The average Bonchev–Trinajstić information content (AvgIpc) is 3.18. The first kappa shape index (κ1) is 15.7. The number of primary amides is 1. The van der Waals surface area contributed by atoms with Crippen LogP contribution in [0.2, 0.25) is 5.02 Å². The van der Waals surface area contributed by atoms with Crippen molar-refractivity contribution in [2.75, 3.05) is 5.75 Å². The quantitative estimate of drug-likeness (QED) is 0.572. The SMILES string of the molecule is CC(CCCSc1cccc(Cl)c1)(NC1CC1)C(N)=O. The third kappa shape index (κ3) is 4.69. The highest BCUT2D eigenvalue weighted by molar-refractivity contribution is 7.99. The summed E-state index contributed by atoms with van der Waals surface area (Å²) >= 11 is 7.71. The Morgan fingerprint density at radius 1 is 1.55 bits per heavy atom. The van der Waals surface area contributed by atoms with E-state index in [0.717, 1.165) is 41.4 Å². The lowest BCUT2D eigenvalue weighted by Gasteiger charge is -2.27. The van der Waals surface area contributed by atoms with Crippen LogP contribution in [0.1, 0.15) is 32.6 Å². The molecule has 0 spiro atoms. The number of amides is 1. The maximum absolute atomic E-state index is 11.6. The van der Waals surface area contributed by atoms with E-state index in [4.69, 9.17) is 17.3 Å². The second kappa shape index (κ2) is 6.83. The highest BCUT2D eigenvalue weighted by atomic mass is 35.5. The van der Waals surface area contributed by atoms with Crippen molar-refractivity contribution in [1.82, 2.24) is 5.32 Å². The third-order valence-electron chi connectivity index (χ3n) is 3.53. The number of carbonyl (C=O) groups is 1. The summed E-state index contributed by atoms with van der Waals surface area (Å²) in [5.74, 6) is 0.701. The Hall–Kier alpha value is -0.710.